The summed E-state index contributed by atoms with van der Waals surface area (Å²) in [7, 11) is 3.05. The summed E-state index contributed by atoms with van der Waals surface area (Å²) in [4.78, 5) is 9.82. The van der Waals surface area contributed by atoms with Gasteiger partial charge in [-0.2, -0.15) is 0 Å². The van der Waals surface area contributed by atoms with Crippen LogP contribution in [0.5, 0.6) is 0 Å². The lowest BCUT2D eigenvalue weighted by Crippen LogP contribution is -2.21. The summed E-state index contributed by atoms with van der Waals surface area (Å²) in [5.74, 6) is 0. The van der Waals surface area contributed by atoms with Gasteiger partial charge in [0.1, 0.15) is 6.29 Å². The van der Waals surface area contributed by atoms with Crippen LogP contribution in [-0.4, -0.2) is 37.1 Å². The van der Waals surface area contributed by atoms with Gasteiger partial charge in [0.15, 0.2) is 0 Å². The van der Waals surface area contributed by atoms with E-state index >= 15 is 0 Å². The molecule has 0 aliphatic heterocycles. The Morgan fingerprint density at radius 3 is 1.81 bits per heavy atom. The number of carbonyl (C=O) groups excluding carboxylic acids is 1. The van der Waals surface area contributed by atoms with Gasteiger partial charge in [-0.05, 0) is 19.3 Å². The first-order chi connectivity index (χ1) is 7.76. The fourth-order valence-corrected chi connectivity index (χ4v) is 1.56. The molecule has 0 atom stereocenters. The molecule has 0 bridgehead atoms. The van der Waals surface area contributed by atoms with E-state index in [-0.39, 0.29) is 0 Å². The molecule has 0 aromatic carbocycles. The van der Waals surface area contributed by atoms with Crippen LogP contribution in [0, 0.1) is 0 Å². The maximum Gasteiger partial charge on any atom is 0.483 e. The zero-order valence-corrected chi connectivity index (χ0v) is 11.8. The van der Waals surface area contributed by atoms with Crippen molar-refractivity contribution in [3.63, 3.8) is 0 Å². The third-order valence-electron chi connectivity index (χ3n) is 1.81. The molecule has 5 heteroatoms. The summed E-state index contributed by atoms with van der Waals surface area (Å²) in [6.45, 7) is 3.61. The van der Waals surface area contributed by atoms with Crippen LogP contribution in [0.15, 0.2) is 12.7 Å². The number of unbranched alkanes of at least 4 members (excludes halogenated alkanes) is 4. The van der Waals surface area contributed by atoms with Crippen molar-refractivity contribution in [1.82, 2.24) is 0 Å². The molecule has 0 saturated carbocycles. The van der Waals surface area contributed by atoms with E-state index < -0.39 is 9.53 Å². The van der Waals surface area contributed by atoms with Crippen LogP contribution < -0.4 is 0 Å². The lowest BCUT2D eigenvalue weighted by atomic mass is 10.1. The second-order valence-electron chi connectivity index (χ2n) is 3.09. The van der Waals surface area contributed by atoms with Crippen LogP contribution in [0.25, 0.3) is 0 Å². The molecule has 0 saturated heterocycles. The van der Waals surface area contributed by atoms with E-state index in [1.807, 2.05) is 6.08 Å². The molecule has 0 spiro atoms. The predicted molar refractivity (Wildman–Crippen MR) is 67.5 cm³/mol. The zero-order valence-electron chi connectivity index (χ0n) is 10.6. The van der Waals surface area contributed by atoms with Gasteiger partial charge in [0.25, 0.3) is 0 Å². The van der Waals surface area contributed by atoms with Crippen molar-refractivity contribution in [3.05, 3.63) is 12.7 Å². The molecule has 0 aromatic heterocycles. The second kappa shape index (κ2) is 16.9. The van der Waals surface area contributed by atoms with Crippen molar-refractivity contribution in [2.24, 2.45) is 0 Å². The van der Waals surface area contributed by atoms with Crippen molar-refractivity contribution in [1.29, 1.82) is 0 Å². The summed E-state index contributed by atoms with van der Waals surface area (Å²) < 4.78 is 14.2. The van der Waals surface area contributed by atoms with E-state index in [1.54, 1.807) is 21.3 Å². The molecular formula is C11H24O4Si. The average molecular weight is 248 g/mol. The van der Waals surface area contributed by atoms with Crippen molar-refractivity contribution in [2.75, 3.05) is 21.3 Å². The Balaban J connectivity index is 0. The van der Waals surface area contributed by atoms with E-state index in [1.165, 1.54) is 6.42 Å². The maximum atomic E-state index is 9.82. The first-order valence-corrected chi connectivity index (χ1v) is 6.81. The number of hydrogen-bond acceptors (Lipinski definition) is 4. The van der Waals surface area contributed by atoms with Crippen LogP contribution >= 0.6 is 0 Å². The lowest BCUT2D eigenvalue weighted by molar-refractivity contribution is -0.107. The quantitative estimate of drug-likeness (QED) is 0.271. The van der Waals surface area contributed by atoms with Crippen LogP contribution in [0.2, 0.25) is 0 Å². The first kappa shape index (κ1) is 17.9. The summed E-state index contributed by atoms with van der Waals surface area (Å²) >= 11 is 0. The Bertz CT molecular complexity index is 133. The highest BCUT2D eigenvalue weighted by molar-refractivity contribution is 6.36. The van der Waals surface area contributed by atoms with Gasteiger partial charge in [-0.3, -0.25) is 0 Å². The Labute approximate surface area is 101 Å². The van der Waals surface area contributed by atoms with E-state index in [9.17, 15) is 4.79 Å². The third kappa shape index (κ3) is 16.0. The van der Waals surface area contributed by atoms with Gasteiger partial charge in [-0.1, -0.05) is 12.5 Å². The van der Waals surface area contributed by atoms with Crippen LogP contribution in [0.1, 0.15) is 32.1 Å². The minimum absolute atomic E-state index is 0.719. The van der Waals surface area contributed by atoms with E-state index in [2.05, 4.69) is 6.58 Å². The predicted octanol–water partition coefficient (Wildman–Crippen LogP) is 1.96. The molecule has 0 aliphatic rings. The number of rotatable bonds is 9. The summed E-state index contributed by atoms with van der Waals surface area (Å²) in [6, 6.07) is 0. The van der Waals surface area contributed by atoms with E-state index in [0.29, 0.717) is 0 Å². The topological polar surface area (TPSA) is 44.8 Å². The van der Waals surface area contributed by atoms with Gasteiger partial charge in [0.05, 0.1) is 0 Å². The number of carbonyl (C=O) groups is 1. The zero-order chi connectivity index (χ0) is 12.6. The lowest BCUT2D eigenvalue weighted by Gasteiger charge is -2.05. The van der Waals surface area contributed by atoms with Gasteiger partial charge < -0.3 is 18.1 Å². The molecular weight excluding hydrogens is 224 g/mol. The number of aldehydes is 1. The minimum Gasteiger partial charge on any atom is -0.379 e. The fraction of sp³-hybridized carbons (Fsp3) is 0.727. The van der Waals surface area contributed by atoms with Crippen molar-refractivity contribution in [3.8, 4) is 0 Å². The summed E-state index contributed by atoms with van der Waals surface area (Å²) in [5, 5.41) is 0. The van der Waals surface area contributed by atoms with Gasteiger partial charge in [0.2, 0.25) is 0 Å². The standard InChI is InChI=1S/C8H14O.C3H10O3Si/c1-2-3-4-5-6-7-8-9;1-4-7(5-2)6-3/h2,8H,1,3-7H2;7H,1-3H3. The third-order valence-corrected chi connectivity index (χ3v) is 2.96. The summed E-state index contributed by atoms with van der Waals surface area (Å²) in [6.07, 6.45) is 8.07. The van der Waals surface area contributed by atoms with E-state index in [4.69, 9.17) is 13.3 Å². The molecule has 96 valence electrons. The molecule has 0 heterocycles. The average Bonchev–Trinajstić information content (AvgIpc) is 2.32. The van der Waals surface area contributed by atoms with Gasteiger partial charge in [-0.25, -0.2) is 0 Å². The maximum absolute atomic E-state index is 9.82. The highest BCUT2D eigenvalue weighted by Gasteiger charge is 2.04. The molecule has 16 heavy (non-hydrogen) atoms. The van der Waals surface area contributed by atoms with Gasteiger partial charge in [0, 0.05) is 27.8 Å². The molecule has 0 aliphatic carbocycles. The number of hydrogen-bond donors (Lipinski definition) is 0. The number of allylic oxidation sites excluding steroid dienone is 1. The molecule has 0 radical (unpaired) electrons. The normalized spacial score (nSPS) is 9.50. The second-order valence-corrected chi connectivity index (χ2v) is 5.08. The molecule has 0 N–H and O–H groups in total. The Kier molecular flexibility index (Phi) is 18.9. The van der Waals surface area contributed by atoms with Gasteiger partial charge >= 0.3 is 9.53 Å². The molecule has 0 fully saturated rings. The highest BCUT2D eigenvalue weighted by atomic mass is 28.3. The summed E-state index contributed by atoms with van der Waals surface area (Å²) in [5.41, 5.74) is 0. The monoisotopic (exact) mass is 248 g/mol. The Morgan fingerprint density at radius 1 is 1.00 bits per heavy atom. The molecule has 0 amide bonds. The smallest absolute Gasteiger partial charge is 0.379 e. The molecule has 4 nitrogen and oxygen atoms in total. The van der Waals surface area contributed by atoms with Crippen LogP contribution in [0.3, 0.4) is 0 Å². The van der Waals surface area contributed by atoms with Crippen LogP contribution in [0.4, 0.5) is 0 Å². The SMILES string of the molecule is C=CCCCCCC=O.CO[SiH](OC)OC. The Morgan fingerprint density at radius 2 is 1.50 bits per heavy atom. The highest BCUT2D eigenvalue weighted by Crippen LogP contribution is 2.00. The van der Waals surface area contributed by atoms with E-state index in [0.717, 1.165) is 32.0 Å². The van der Waals surface area contributed by atoms with Crippen molar-refractivity contribution in [2.45, 2.75) is 32.1 Å². The molecule has 0 unspecified atom stereocenters. The van der Waals surface area contributed by atoms with Gasteiger partial charge in [-0.15, -0.1) is 6.58 Å². The fourth-order valence-electron chi connectivity index (χ4n) is 0.982. The van der Waals surface area contributed by atoms with Crippen LogP contribution in [-0.2, 0) is 18.1 Å². The minimum atomic E-state index is -1.67. The molecule has 0 aromatic rings. The Hall–Kier alpha value is -0.493. The largest absolute Gasteiger partial charge is 0.483 e. The first-order valence-electron chi connectivity index (χ1n) is 5.39. The van der Waals surface area contributed by atoms with Crippen molar-refractivity contribution >= 4 is 15.8 Å². The van der Waals surface area contributed by atoms with Crippen molar-refractivity contribution < 1.29 is 18.1 Å². The molecule has 0 rings (SSSR count).